The Balaban J connectivity index is 2.17. The van der Waals surface area contributed by atoms with Crippen molar-refractivity contribution in [2.24, 2.45) is 0 Å². The number of nitro benzene ring substituents is 1. The SMILES string of the molecule is Cc1cc(C)c2c(c1)c1cc(C)cc(C)c1[o+]2-c1ccc([N+](=O)[O-])cc1. The zero-order valence-electron chi connectivity index (χ0n) is 15.3. The van der Waals surface area contributed by atoms with E-state index in [9.17, 15) is 10.1 Å². The molecule has 0 unspecified atom stereocenters. The molecule has 0 aliphatic heterocycles. The molecule has 0 fully saturated rings. The van der Waals surface area contributed by atoms with E-state index in [1.54, 1.807) is 24.3 Å². The average Bonchev–Trinajstić information content (AvgIpc) is 2.90. The van der Waals surface area contributed by atoms with E-state index in [4.69, 9.17) is 0 Å². The minimum absolute atomic E-state index is 0.0928. The van der Waals surface area contributed by atoms with Gasteiger partial charge in [-0.2, -0.15) is 0 Å². The van der Waals surface area contributed by atoms with Gasteiger partial charge in [-0.1, -0.05) is 0 Å². The van der Waals surface area contributed by atoms with Crippen molar-refractivity contribution < 1.29 is 8.97 Å². The van der Waals surface area contributed by atoms with Gasteiger partial charge in [0.15, 0.2) is 0 Å². The van der Waals surface area contributed by atoms with Gasteiger partial charge in [-0.05, 0) is 63.1 Å². The van der Waals surface area contributed by atoms with E-state index in [2.05, 4.69) is 56.0 Å². The van der Waals surface area contributed by atoms with Crippen molar-refractivity contribution in [3.8, 4) is 5.75 Å². The number of fused-ring (bicyclic) bond motifs is 3. The van der Waals surface area contributed by atoms with Crippen molar-refractivity contribution in [2.75, 3.05) is 0 Å². The second kappa shape index (κ2) is 5.70. The Morgan fingerprint density at radius 2 is 1.23 bits per heavy atom. The molecule has 26 heavy (non-hydrogen) atoms. The summed E-state index contributed by atoms with van der Waals surface area (Å²) < 4.78 is 3.29. The van der Waals surface area contributed by atoms with Crippen molar-refractivity contribution >= 4 is 27.6 Å². The minimum atomic E-state index is -0.371. The summed E-state index contributed by atoms with van der Waals surface area (Å²) in [5.74, 6) is 0.856. The summed E-state index contributed by atoms with van der Waals surface area (Å²) in [5, 5.41) is 13.4. The number of nitro groups is 1. The lowest BCUT2D eigenvalue weighted by Gasteiger charge is -2.07. The van der Waals surface area contributed by atoms with Gasteiger partial charge >= 0.3 is 0 Å². The van der Waals surface area contributed by atoms with E-state index >= 15 is 0 Å². The molecule has 0 aliphatic carbocycles. The second-order valence-corrected chi connectivity index (χ2v) is 6.97. The predicted molar refractivity (Wildman–Crippen MR) is 105 cm³/mol. The molecule has 4 rings (SSSR count). The molecular weight excluding hydrogens is 326 g/mol. The molecule has 3 aromatic carbocycles. The normalized spacial score (nSPS) is 11.4. The summed E-state index contributed by atoms with van der Waals surface area (Å²) in [4.78, 5) is 10.6. The molecule has 4 aromatic rings. The molecular formula is C22H20NO3+. The van der Waals surface area contributed by atoms with E-state index in [0.29, 0.717) is 0 Å². The number of hydrogen-bond acceptors (Lipinski definition) is 2. The first-order valence-corrected chi connectivity index (χ1v) is 8.58. The van der Waals surface area contributed by atoms with E-state index in [1.807, 2.05) is 0 Å². The van der Waals surface area contributed by atoms with Crippen molar-refractivity contribution in [2.45, 2.75) is 27.7 Å². The molecule has 0 N–H and O–H groups in total. The maximum Gasteiger partial charge on any atom is 0.278 e. The second-order valence-electron chi connectivity index (χ2n) is 6.97. The Morgan fingerprint density at radius 3 is 1.65 bits per heavy atom. The summed E-state index contributed by atoms with van der Waals surface area (Å²) in [6.07, 6.45) is 0. The Morgan fingerprint density at radius 1 is 0.769 bits per heavy atom. The fourth-order valence-electron chi connectivity index (χ4n) is 3.89. The lowest BCUT2D eigenvalue weighted by molar-refractivity contribution is -0.384. The Bertz CT molecular complexity index is 1120. The average molecular weight is 346 g/mol. The summed E-state index contributed by atoms with van der Waals surface area (Å²) in [5.41, 5.74) is 7.01. The first-order valence-electron chi connectivity index (χ1n) is 8.58. The van der Waals surface area contributed by atoms with Crippen molar-refractivity contribution in [1.82, 2.24) is 0 Å². The van der Waals surface area contributed by atoms with E-state index in [0.717, 1.165) is 28.0 Å². The number of benzene rings is 3. The van der Waals surface area contributed by atoms with E-state index < -0.39 is 0 Å². The third-order valence-corrected chi connectivity index (χ3v) is 4.82. The summed E-state index contributed by atoms with van der Waals surface area (Å²) in [6, 6.07) is 15.4. The molecule has 0 atom stereocenters. The lowest BCUT2D eigenvalue weighted by atomic mass is 10.0. The Labute approximate surface area is 151 Å². The van der Waals surface area contributed by atoms with Gasteiger partial charge in [0.25, 0.3) is 22.6 Å². The number of hydrogen-bond donors (Lipinski definition) is 0. The number of non-ortho nitro benzene ring substituents is 1. The smallest absolute Gasteiger partial charge is 0.278 e. The number of rotatable bonds is 2. The minimum Gasteiger partial charge on any atom is -0.498 e. The van der Waals surface area contributed by atoms with Gasteiger partial charge in [-0.15, -0.1) is 0 Å². The fourth-order valence-corrected chi connectivity index (χ4v) is 3.89. The van der Waals surface area contributed by atoms with Crippen molar-refractivity contribution in [3.63, 3.8) is 0 Å². The van der Waals surface area contributed by atoms with Gasteiger partial charge in [0, 0.05) is 35.4 Å². The van der Waals surface area contributed by atoms with Crippen LogP contribution in [0.5, 0.6) is 0 Å². The van der Waals surface area contributed by atoms with E-state index in [-0.39, 0.29) is 10.6 Å². The van der Waals surface area contributed by atoms with Crippen LogP contribution in [0.3, 0.4) is 0 Å². The predicted octanol–water partition coefficient (Wildman–Crippen LogP) is 6.40. The van der Waals surface area contributed by atoms with Crippen LogP contribution in [0.2, 0.25) is 0 Å². The van der Waals surface area contributed by atoms with Crippen LogP contribution in [0.4, 0.5) is 5.69 Å². The van der Waals surface area contributed by atoms with Gasteiger partial charge < -0.3 is 4.05 Å². The van der Waals surface area contributed by atoms with Gasteiger partial charge in [0.1, 0.15) is 0 Å². The maximum atomic E-state index is 11.0. The first kappa shape index (κ1) is 16.3. The highest BCUT2D eigenvalue weighted by atomic mass is 16.6. The number of furan rings is 1. The van der Waals surface area contributed by atoms with Gasteiger partial charge in [0.05, 0.1) is 15.7 Å². The van der Waals surface area contributed by atoms with Crippen LogP contribution in [0, 0.1) is 37.8 Å². The Hall–Kier alpha value is -3.14. The van der Waals surface area contributed by atoms with Crippen LogP contribution in [-0.4, -0.2) is 4.92 Å². The van der Waals surface area contributed by atoms with Gasteiger partial charge in [0.2, 0.25) is 0 Å². The molecule has 1 heterocycles. The lowest BCUT2D eigenvalue weighted by Crippen LogP contribution is -1.89. The van der Waals surface area contributed by atoms with Crippen LogP contribution in [0.15, 0.2) is 52.6 Å². The van der Waals surface area contributed by atoms with E-state index in [1.165, 1.54) is 21.9 Å². The molecule has 4 heteroatoms. The van der Waals surface area contributed by atoms with Crippen LogP contribution in [0.1, 0.15) is 22.3 Å². The zero-order chi connectivity index (χ0) is 18.6. The van der Waals surface area contributed by atoms with Crippen LogP contribution in [0.25, 0.3) is 27.7 Å². The third-order valence-electron chi connectivity index (χ3n) is 4.82. The maximum absolute atomic E-state index is 11.0. The third kappa shape index (κ3) is 2.37. The van der Waals surface area contributed by atoms with Crippen LogP contribution >= 0.6 is 0 Å². The standard InChI is InChI=1S/C22H20NO3/c1-13-9-15(3)21-19(11-13)20-12-14(2)10-16(4)22(20)26(21)18-7-5-17(6-8-18)23(24)25/h5-12H,1-4H3/q+1. The van der Waals surface area contributed by atoms with Crippen molar-refractivity contribution in [3.05, 3.63) is 80.9 Å². The zero-order valence-corrected chi connectivity index (χ0v) is 15.3. The number of nitrogens with zero attached hydrogens (tertiary/aromatic N) is 1. The molecule has 0 spiro atoms. The molecule has 0 saturated heterocycles. The monoisotopic (exact) mass is 346 g/mol. The fraction of sp³-hybridized carbons (Fsp3) is 0.182. The highest BCUT2D eigenvalue weighted by Gasteiger charge is 2.25. The van der Waals surface area contributed by atoms with Crippen LogP contribution in [-0.2, 0) is 0 Å². The summed E-state index contributed by atoms with van der Waals surface area (Å²) >= 11 is 0. The van der Waals surface area contributed by atoms with Crippen molar-refractivity contribution in [1.29, 1.82) is 0 Å². The molecule has 0 amide bonds. The van der Waals surface area contributed by atoms with Crippen LogP contribution < -0.4 is 0 Å². The molecule has 0 bridgehead atoms. The largest absolute Gasteiger partial charge is 0.498 e. The molecule has 1 aromatic heterocycles. The van der Waals surface area contributed by atoms with Gasteiger partial charge in [-0.25, -0.2) is 0 Å². The van der Waals surface area contributed by atoms with Gasteiger partial charge in [-0.3, -0.25) is 10.1 Å². The highest BCUT2D eigenvalue weighted by molar-refractivity contribution is 6.08. The summed E-state index contributed by atoms with van der Waals surface area (Å²) in [7, 11) is 0. The topological polar surface area (TPSA) is 45.8 Å². The molecule has 0 radical (unpaired) electrons. The molecule has 4 nitrogen and oxygen atoms in total. The quantitative estimate of drug-likeness (QED) is 0.239. The Kier molecular flexibility index (Phi) is 3.58. The molecule has 0 saturated carbocycles. The molecule has 130 valence electrons. The number of aryl methyl sites for hydroxylation is 4. The first-order chi connectivity index (χ1) is 12.4. The summed E-state index contributed by atoms with van der Waals surface area (Å²) in [6.45, 7) is 8.42. The molecule has 0 aliphatic rings. The highest BCUT2D eigenvalue weighted by Crippen LogP contribution is 2.42.